The van der Waals surface area contributed by atoms with Crippen molar-refractivity contribution in [2.24, 2.45) is 12.0 Å². The molecule has 0 aliphatic carbocycles. The molecular weight excluding hydrogens is 479 g/mol. The Bertz CT molecular complexity index is 747. The van der Waals surface area contributed by atoms with Gasteiger partial charge < -0.3 is 19.9 Å². The number of hydrogen-bond donors (Lipinski definition) is 2. The first-order valence-corrected chi connectivity index (χ1v) is 8.77. The monoisotopic (exact) mass is 504 g/mol. The Kier molecular flexibility index (Phi) is 10.2. The Morgan fingerprint density at radius 2 is 2.04 bits per heavy atom. The maximum absolute atomic E-state index is 5.89. The quantitative estimate of drug-likeness (QED) is 0.250. The van der Waals surface area contributed by atoms with E-state index in [1.807, 2.05) is 37.6 Å². The summed E-state index contributed by atoms with van der Waals surface area (Å²) >= 11 is 5.89. The minimum Gasteiger partial charge on any atom is -0.489 e. The average molecular weight is 505 g/mol. The van der Waals surface area contributed by atoms with Gasteiger partial charge >= 0.3 is 0 Å². The fraction of sp³-hybridized carbons (Fsp3) is 0.389. The van der Waals surface area contributed by atoms with Gasteiger partial charge in [-0.1, -0.05) is 17.7 Å². The van der Waals surface area contributed by atoms with Crippen LogP contribution in [0, 0.1) is 6.92 Å². The lowest BCUT2D eigenvalue weighted by Gasteiger charge is -2.17. The number of nitrogens with zero attached hydrogens (tertiary/aromatic N) is 4. The molecule has 1 heterocycles. The van der Waals surface area contributed by atoms with E-state index in [-0.39, 0.29) is 30.1 Å². The second-order valence-corrected chi connectivity index (χ2v) is 6.26. The van der Waals surface area contributed by atoms with E-state index in [4.69, 9.17) is 16.3 Å². The van der Waals surface area contributed by atoms with Crippen LogP contribution in [0.1, 0.15) is 18.6 Å². The Morgan fingerprint density at radius 1 is 1.33 bits per heavy atom. The summed E-state index contributed by atoms with van der Waals surface area (Å²) in [7, 11) is 1.92. The molecule has 2 N–H and O–H groups in total. The molecule has 0 amide bonds. The second kappa shape index (κ2) is 11.8. The first-order valence-electron chi connectivity index (χ1n) is 8.39. The molecular formula is C18H26ClIN6O. The van der Waals surface area contributed by atoms with E-state index in [1.165, 1.54) is 0 Å². The third-order valence-electron chi connectivity index (χ3n) is 3.68. The number of rotatable bonds is 8. The zero-order chi connectivity index (χ0) is 18.9. The number of ether oxygens (including phenoxy) is 1. The van der Waals surface area contributed by atoms with Gasteiger partial charge in [0.05, 0.1) is 6.54 Å². The fourth-order valence-electron chi connectivity index (χ4n) is 2.11. The summed E-state index contributed by atoms with van der Waals surface area (Å²) in [6, 6.07) is 7.30. The molecule has 0 radical (unpaired) electrons. The molecule has 0 aliphatic rings. The topological polar surface area (TPSA) is 76.4 Å². The van der Waals surface area contributed by atoms with Crippen LogP contribution in [-0.2, 0) is 13.6 Å². The van der Waals surface area contributed by atoms with E-state index >= 15 is 0 Å². The summed E-state index contributed by atoms with van der Waals surface area (Å²) in [5.74, 6) is 3.09. The van der Waals surface area contributed by atoms with Gasteiger partial charge in [0, 0.05) is 18.6 Å². The Balaban J connectivity index is 0.00000364. The van der Waals surface area contributed by atoms with E-state index in [9.17, 15) is 0 Å². The molecule has 148 valence electrons. The van der Waals surface area contributed by atoms with Crippen molar-refractivity contribution in [1.82, 2.24) is 25.4 Å². The van der Waals surface area contributed by atoms with Crippen LogP contribution in [-0.4, -0.2) is 39.9 Å². The zero-order valence-corrected chi connectivity index (χ0v) is 18.9. The van der Waals surface area contributed by atoms with Gasteiger partial charge in [-0.2, -0.15) is 0 Å². The largest absolute Gasteiger partial charge is 0.489 e. The molecule has 0 fully saturated rings. The van der Waals surface area contributed by atoms with E-state index < -0.39 is 0 Å². The summed E-state index contributed by atoms with van der Waals surface area (Å²) in [5, 5.41) is 15.3. The summed E-state index contributed by atoms with van der Waals surface area (Å²) in [6.07, 6.45) is 1.72. The van der Waals surface area contributed by atoms with Crippen LogP contribution in [0.5, 0.6) is 5.75 Å². The van der Waals surface area contributed by atoms with Gasteiger partial charge in [-0.15, -0.1) is 40.8 Å². The Labute approximate surface area is 182 Å². The number of hydrogen-bond acceptors (Lipinski definition) is 4. The van der Waals surface area contributed by atoms with Crippen LogP contribution in [0.15, 0.2) is 41.9 Å². The highest BCUT2D eigenvalue weighted by molar-refractivity contribution is 14.0. The van der Waals surface area contributed by atoms with Crippen LogP contribution in [0.3, 0.4) is 0 Å². The van der Waals surface area contributed by atoms with Crippen LogP contribution in [0.2, 0.25) is 5.02 Å². The molecule has 9 heteroatoms. The summed E-state index contributed by atoms with van der Waals surface area (Å²) in [6.45, 7) is 9.23. The second-order valence-electron chi connectivity index (χ2n) is 5.82. The molecule has 1 unspecified atom stereocenters. The fourth-order valence-corrected chi connectivity index (χ4v) is 2.24. The van der Waals surface area contributed by atoms with E-state index in [0.717, 1.165) is 17.4 Å². The number of benzene rings is 1. The average Bonchev–Trinajstić information content (AvgIpc) is 2.95. The van der Waals surface area contributed by atoms with Crippen molar-refractivity contribution in [1.29, 1.82) is 0 Å². The van der Waals surface area contributed by atoms with E-state index in [1.54, 1.807) is 18.2 Å². The molecule has 27 heavy (non-hydrogen) atoms. The lowest BCUT2D eigenvalue weighted by atomic mass is 10.3. The van der Waals surface area contributed by atoms with Gasteiger partial charge in [0.25, 0.3) is 0 Å². The van der Waals surface area contributed by atoms with Crippen LogP contribution < -0.4 is 15.4 Å². The third-order valence-corrected chi connectivity index (χ3v) is 3.94. The van der Waals surface area contributed by atoms with E-state index in [0.29, 0.717) is 30.6 Å². The number of aromatic nitrogens is 3. The number of halogens is 2. The standard InChI is InChI=1S/C18H25ClN6O.HI/c1-5-10-20-18(22-12-17-24-23-14(3)25(17)4)21-11-13(2)26-16-8-6-15(19)7-9-16;/h5-9,13H,1,10-12H2,2-4H3,(H2,20,21,22);1H. The Hall–Kier alpha value is -1.81. The van der Waals surface area contributed by atoms with Gasteiger partial charge in [-0.3, -0.25) is 0 Å². The first-order chi connectivity index (χ1) is 12.5. The van der Waals surface area contributed by atoms with Crippen molar-refractivity contribution in [3.8, 4) is 5.75 Å². The number of guanidine groups is 1. The first kappa shape index (κ1) is 23.2. The summed E-state index contributed by atoms with van der Waals surface area (Å²) in [4.78, 5) is 4.55. The molecule has 0 bridgehead atoms. The van der Waals surface area contributed by atoms with Crippen molar-refractivity contribution >= 4 is 41.5 Å². The maximum Gasteiger partial charge on any atom is 0.192 e. The Morgan fingerprint density at radius 3 is 2.63 bits per heavy atom. The normalized spacial score (nSPS) is 12.1. The predicted molar refractivity (Wildman–Crippen MR) is 120 cm³/mol. The number of aliphatic imine (C=N–C) groups is 1. The van der Waals surface area contributed by atoms with Crippen molar-refractivity contribution in [3.63, 3.8) is 0 Å². The zero-order valence-electron chi connectivity index (χ0n) is 15.8. The van der Waals surface area contributed by atoms with Crippen molar-refractivity contribution in [2.75, 3.05) is 13.1 Å². The molecule has 1 aromatic heterocycles. The van der Waals surface area contributed by atoms with Crippen molar-refractivity contribution in [2.45, 2.75) is 26.5 Å². The third kappa shape index (κ3) is 7.76. The number of aryl methyl sites for hydroxylation is 1. The minimum absolute atomic E-state index is 0. The van der Waals surface area contributed by atoms with Crippen LogP contribution in [0.4, 0.5) is 0 Å². The highest BCUT2D eigenvalue weighted by Crippen LogP contribution is 2.16. The highest BCUT2D eigenvalue weighted by atomic mass is 127. The van der Waals surface area contributed by atoms with E-state index in [2.05, 4.69) is 32.4 Å². The SMILES string of the molecule is C=CCNC(=NCc1nnc(C)n1C)NCC(C)Oc1ccc(Cl)cc1.I. The highest BCUT2D eigenvalue weighted by Gasteiger charge is 2.08. The number of nitrogens with one attached hydrogen (secondary N) is 2. The lowest BCUT2D eigenvalue weighted by molar-refractivity contribution is 0.224. The van der Waals surface area contributed by atoms with Gasteiger partial charge in [0.1, 0.15) is 24.2 Å². The smallest absolute Gasteiger partial charge is 0.192 e. The van der Waals surface area contributed by atoms with Gasteiger partial charge in [-0.25, -0.2) is 4.99 Å². The van der Waals surface area contributed by atoms with Gasteiger partial charge in [0.15, 0.2) is 11.8 Å². The molecule has 7 nitrogen and oxygen atoms in total. The summed E-state index contributed by atoms with van der Waals surface area (Å²) < 4.78 is 7.78. The molecule has 0 saturated heterocycles. The molecule has 0 saturated carbocycles. The lowest BCUT2D eigenvalue weighted by Crippen LogP contribution is -2.42. The van der Waals surface area contributed by atoms with Gasteiger partial charge in [0.2, 0.25) is 0 Å². The molecule has 0 spiro atoms. The summed E-state index contributed by atoms with van der Waals surface area (Å²) in [5.41, 5.74) is 0. The van der Waals surface area contributed by atoms with Crippen molar-refractivity contribution < 1.29 is 4.74 Å². The maximum atomic E-state index is 5.89. The molecule has 2 aromatic rings. The predicted octanol–water partition coefficient (Wildman–Crippen LogP) is 3.08. The van der Waals surface area contributed by atoms with Crippen LogP contribution >= 0.6 is 35.6 Å². The molecule has 1 aromatic carbocycles. The minimum atomic E-state index is -0.0519. The van der Waals surface area contributed by atoms with Crippen LogP contribution in [0.25, 0.3) is 0 Å². The molecule has 1 atom stereocenters. The van der Waals surface area contributed by atoms with Crippen molar-refractivity contribution in [3.05, 3.63) is 53.6 Å². The van der Waals surface area contributed by atoms with Gasteiger partial charge in [-0.05, 0) is 38.1 Å². The molecule has 2 rings (SSSR count). The molecule has 0 aliphatic heterocycles.